The van der Waals surface area contributed by atoms with Crippen LogP contribution in [0.25, 0.3) is 10.2 Å². The first-order valence-electron chi connectivity index (χ1n) is 9.05. The summed E-state index contributed by atoms with van der Waals surface area (Å²) in [6.07, 6.45) is 2.42. The van der Waals surface area contributed by atoms with Crippen molar-refractivity contribution in [3.05, 3.63) is 53.0 Å². The summed E-state index contributed by atoms with van der Waals surface area (Å²) in [5, 5.41) is 1.27. The van der Waals surface area contributed by atoms with E-state index in [0.29, 0.717) is 5.92 Å². The van der Waals surface area contributed by atoms with E-state index in [1.165, 1.54) is 28.1 Å². The second kappa shape index (κ2) is 7.64. The monoisotopic (exact) mass is 368 g/mol. The van der Waals surface area contributed by atoms with E-state index in [1.807, 2.05) is 23.5 Å². The number of rotatable bonds is 5. The highest BCUT2D eigenvalue weighted by Gasteiger charge is 2.24. The molecule has 0 N–H and O–H groups in total. The van der Waals surface area contributed by atoms with Crippen LogP contribution in [0.5, 0.6) is 11.5 Å². The van der Waals surface area contributed by atoms with Crippen LogP contribution in [-0.4, -0.2) is 37.2 Å². The predicted molar refractivity (Wildman–Crippen MR) is 106 cm³/mol. The standard InChI is InChI=1S/C21H24N2O2S/c1-24-17-9-10-19(25-2)16(12-17)14-23-11-5-6-15(13-23)21-22-18-7-3-4-8-20(18)26-21/h3-4,7-10,12,15H,5-6,11,13-14H2,1-2H3/t15-/m0/s1. The van der Waals surface area contributed by atoms with Crippen LogP contribution in [0, 0.1) is 0 Å². The molecular weight excluding hydrogens is 344 g/mol. The van der Waals surface area contributed by atoms with E-state index in [0.717, 1.165) is 36.6 Å². The third kappa shape index (κ3) is 3.55. The van der Waals surface area contributed by atoms with Crippen LogP contribution in [0.2, 0.25) is 0 Å². The molecule has 26 heavy (non-hydrogen) atoms. The minimum absolute atomic E-state index is 0.512. The molecule has 0 aliphatic carbocycles. The number of likely N-dealkylation sites (tertiary alicyclic amines) is 1. The highest BCUT2D eigenvalue weighted by molar-refractivity contribution is 7.18. The first kappa shape index (κ1) is 17.3. The maximum absolute atomic E-state index is 5.55. The van der Waals surface area contributed by atoms with Crippen molar-refractivity contribution in [2.75, 3.05) is 27.3 Å². The second-order valence-electron chi connectivity index (χ2n) is 6.77. The summed E-state index contributed by atoms with van der Waals surface area (Å²) in [5.74, 6) is 2.31. The molecular formula is C21H24N2O2S. The quantitative estimate of drug-likeness (QED) is 0.654. The topological polar surface area (TPSA) is 34.6 Å². The normalized spacial score (nSPS) is 18.2. The van der Waals surface area contributed by atoms with Gasteiger partial charge in [0.05, 0.1) is 29.4 Å². The number of fused-ring (bicyclic) bond motifs is 1. The number of nitrogens with zero attached hydrogens (tertiary/aromatic N) is 2. The fourth-order valence-corrected chi connectivity index (χ4v) is 4.80. The Balaban J connectivity index is 1.52. The Morgan fingerprint density at radius 1 is 1.15 bits per heavy atom. The molecule has 0 saturated carbocycles. The van der Waals surface area contributed by atoms with E-state index in [-0.39, 0.29) is 0 Å². The van der Waals surface area contributed by atoms with Crippen molar-refractivity contribution in [1.82, 2.24) is 9.88 Å². The van der Waals surface area contributed by atoms with E-state index >= 15 is 0 Å². The molecule has 0 amide bonds. The van der Waals surface area contributed by atoms with Gasteiger partial charge in [-0.15, -0.1) is 11.3 Å². The van der Waals surface area contributed by atoms with E-state index < -0.39 is 0 Å². The van der Waals surface area contributed by atoms with Crippen LogP contribution in [0.4, 0.5) is 0 Å². The number of piperidine rings is 1. The summed E-state index contributed by atoms with van der Waals surface area (Å²) in [6.45, 7) is 3.03. The Hall–Kier alpha value is -2.11. The molecule has 1 fully saturated rings. The lowest BCUT2D eigenvalue weighted by atomic mass is 9.98. The Kier molecular flexibility index (Phi) is 5.09. The zero-order valence-electron chi connectivity index (χ0n) is 15.3. The molecule has 4 rings (SSSR count). The summed E-state index contributed by atoms with van der Waals surface area (Å²) in [4.78, 5) is 7.40. The molecule has 0 bridgehead atoms. The van der Waals surface area contributed by atoms with Crippen molar-refractivity contribution < 1.29 is 9.47 Å². The van der Waals surface area contributed by atoms with E-state index in [2.05, 4.69) is 35.2 Å². The minimum Gasteiger partial charge on any atom is -0.497 e. The van der Waals surface area contributed by atoms with Gasteiger partial charge in [0.25, 0.3) is 0 Å². The molecule has 1 saturated heterocycles. The first-order valence-corrected chi connectivity index (χ1v) is 9.87. The van der Waals surface area contributed by atoms with E-state index in [9.17, 15) is 0 Å². The maximum atomic E-state index is 5.55. The number of hydrogen-bond acceptors (Lipinski definition) is 5. The molecule has 0 radical (unpaired) electrons. The zero-order valence-corrected chi connectivity index (χ0v) is 16.1. The smallest absolute Gasteiger partial charge is 0.123 e. The van der Waals surface area contributed by atoms with Gasteiger partial charge in [-0.2, -0.15) is 0 Å². The summed E-state index contributed by atoms with van der Waals surface area (Å²) in [7, 11) is 3.43. The summed E-state index contributed by atoms with van der Waals surface area (Å²) in [6, 6.07) is 14.4. The molecule has 0 spiro atoms. The molecule has 5 heteroatoms. The SMILES string of the molecule is COc1ccc(OC)c(CN2CCC[C@H](c3nc4ccccc4s3)C2)c1. The fourth-order valence-electron chi connectivity index (χ4n) is 3.71. The number of aromatic nitrogens is 1. The molecule has 3 aromatic rings. The molecule has 136 valence electrons. The number of benzene rings is 2. The number of thiazole rings is 1. The predicted octanol–water partition coefficient (Wildman–Crippen LogP) is 4.69. The average molecular weight is 369 g/mol. The molecule has 1 aliphatic heterocycles. The average Bonchev–Trinajstić information content (AvgIpc) is 3.12. The molecule has 4 nitrogen and oxygen atoms in total. The lowest BCUT2D eigenvalue weighted by Gasteiger charge is -2.32. The molecule has 2 heterocycles. The summed E-state index contributed by atoms with van der Waals surface area (Å²) in [5.41, 5.74) is 2.30. The summed E-state index contributed by atoms with van der Waals surface area (Å²) >= 11 is 1.84. The van der Waals surface area contributed by atoms with Crippen LogP contribution in [0.3, 0.4) is 0 Å². The molecule has 1 aromatic heterocycles. The lowest BCUT2D eigenvalue weighted by molar-refractivity contribution is 0.197. The Morgan fingerprint density at radius 2 is 2.04 bits per heavy atom. The molecule has 1 atom stereocenters. The molecule has 2 aromatic carbocycles. The Labute approximate surface area is 158 Å². The molecule has 0 unspecified atom stereocenters. The third-order valence-electron chi connectivity index (χ3n) is 5.05. The van der Waals surface area contributed by atoms with Gasteiger partial charge in [-0.1, -0.05) is 12.1 Å². The first-order chi connectivity index (χ1) is 12.8. The van der Waals surface area contributed by atoms with Crippen molar-refractivity contribution in [3.63, 3.8) is 0 Å². The van der Waals surface area contributed by atoms with E-state index in [4.69, 9.17) is 14.5 Å². The summed E-state index contributed by atoms with van der Waals surface area (Å²) < 4.78 is 12.2. The third-order valence-corrected chi connectivity index (χ3v) is 6.25. The molecule has 1 aliphatic rings. The lowest BCUT2D eigenvalue weighted by Crippen LogP contribution is -2.34. The van der Waals surface area contributed by atoms with Gasteiger partial charge >= 0.3 is 0 Å². The van der Waals surface area contributed by atoms with Crippen molar-refractivity contribution in [1.29, 1.82) is 0 Å². The number of para-hydroxylation sites is 1. The van der Waals surface area contributed by atoms with Gasteiger partial charge < -0.3 is 9.47 Å². The van der Waals surface area contributed by atoms with Gasteiger partial charge in [-0.05, 0) is 49.7 Å². The fraction of sp³-hybridized carbons (Fsp3) is 0.381. The van der Waals surface area contributed by atoms with Crippen molar-refractivity contribution in [2.24, 2.45) is 0 Å². The Morgan fingerprint density at radius 3 is 2.85 bits per heavy atom. The van der Waals surface area contributed by atoms with Gasteiger partial charge in [-0.3, -0.25) is 4.90 Å². The van der Waals surface area contributed by atoms with Crippen molar-refractivity contribution in [2.45, 2.75) is 25.3 Å². The van der Waals surface area contributed by atoms with Crippen LogP contribution in [0.1, 0.15) is 29.3 Å². The zero-order chi connectivity index (χ0) is 17.9. The second-order valence-corrected chi connectivity index (χ2v) is 7.83. The Bertz CT molecular complexity index is 860. The highest BCUT2D eigenvalue weighted by atomic mass is 32.1. The largest absolute Gasteiger partial charge is 0.497 e. The van der Waals surface area contributed by atoms with Gasteiger partial charge in [0, 0.05) is 24.6 Å². The van der Waals surface area contributed by atoms with Gasteiger partial charge in [0.2, 0.25) is 0 Å². The maximum Gasteiger partial charge on any atom is 0.123 e. The van der Waals surface area contributed by atoms with Crippen LogP contribution in [0.15, 0.2) is 42.5 Å². The highest BCUT2D eigenvalue weighted by Crippen LogP contribution is 2.34. The van der Waals surface area contributed by atoms with Crippen molar-refractivity contribution >= 4 is 21.6 Å². The van der Waals surface area contributed by atoms with Crippen LogP contribution in [-0.2, 0) is 6.54 Å². The van der Waals surface area contributed by atoms with E-state index in [1.54, 1.807) is 14.2 Å². The van der Waals surface area contributed by atoms with Gasteiger partial charge in [0.15, 0.2) is 0 Å². The van der Waals surface area contributed by atoms with Gasteiger partial charge in [-0.25, -0.2) is 4.98 Å². The number of methoxy groups -OCH3 is 2. The van der Waals surface area contributed by atoms with Crippen LogP contribution < -0.4 is 9.47 Å². The van der Waals surface area contributed by atoms with Crippen molar-refractivity contribution in [3.8, 4) is 11.5 Å². The van der Waals surface area contributed by atoms with Gasteiger partial charge in [0.1, 0.15) is 11.5 Å². The van der Waals surface area contributed by atoms with Crippen LogP contribution >= 0.6 is 11.3 Å². The minimum atomic E-state index is 0.512. The number of ether oxygens (including phenoxy) is 2. The number of hydrogen-bond donors (Lipinski definition) is 0.